The molecule has 0 spiro atoms. The first-order valence-corrected chi connectivity index (χ1v) is 7.18. The second-order valence-corrected chi connectivity index (χ2v) is 5.18. The van der Waals surface area contributed by atoms with E-state index in [1.54, 1.807) is 0 Å². The molecule has 0 aromatic heterocycles. The molecule has 2 N–H and O–H groups in total. The number of carbonyl (C=O) groups excluding carboxylic acids is 4. The molecule has 0 amide bonds. The molecule has 1 rings (SSSR count). The molecule has 1 fully saturated rings. The summed E-state index contributed by atoms with van der Waals surface area (Å²) in [6.07, 6.45) is -4.58. The Morgan fingerprint density at radius 1 is 0.833 bits per heavy atom. The van der Waals surface area contributed by atoms with Gasteiger partial charge in [0.05, 0.1) is 0 Å². The van der Waals surface area contributed by atoms with Gasteiger partial charge in [-0.15, -0.1) is 0 Å². The van der Waals surface area contributed by atoms with Crippen LogP contribution >= 0.6 is 0 Å². The zero-order chi connectivity index (χ0) is 18.4. The summed E-state index contributed by atoms with van der Waals surface area (Å²) in [6, 6.07) is -1.10. The molecule has 1 aliphatic rings. The number of rotatable bonds is 5. The van der Waals surface area contributed by atoms with E-state index in [-0.39, 0.29) is 6.61 Å². The first-order chi connectivity index (χ1) is 11.1. The smallest absolute Gasteiger partial charge is 0.304 e. The van der Waals surface area contributed by atoms with Crippen LogP contribution in [0.4, 0.5) is 0 Å². The van der Waals surface area contributed by atoms with E-state index in [9.17, 15) is 19.2 Å². The first kappa shape index (κ1) is 19.8. The summed E-state index contributed by atoms with van der Waals surface area (Å²) in [7, 11) is 0. The molecule has 136 valence electrons. The number of esters is 4. The highest BCUT2D eigenvalue weighted by molar-refractivity contribution is 5.68. The van der Waals surface area contributed by atoms with E-state index in [1.807, 2.05) is 0 Å². The molecule has 1 heterocycles. The molecule has 24 heavy (non-hydrogen) atoms. The van der Waals surface area contributed by atoms with Gasteiger partial charge < -0.3 is 29.4 Å². The number of carbonyl (C=O) groups is 4. The standard InChI is InChI=1S/C14H21NO9/c1-6(16)20-5-10-12(21-7(2)17)13(22-8(3)18)11(15)14(24-10)23-9(4)19/h10-14H,5,15H2,1-4H3/t10-,11+,12-,13-,14+/m0/s1. The Morgan fingerprint density at radius 2 is 1.33 bits per heavy atom. The molecule has 1 saturated heterocycles. The summed E-state index contributed by atoms with van der Waals surface area (Å²) in [4.78, 5) is 44.9. The Labute approximate surface area is 138 Å². The minimum absolute atomic E-state index is 0.310. The molecular weight excluding hydrogens is 326 g/mol. The fraction of sp³-hybridized carbons (Fsp3) is 0.714. The van der Waals surface area contributed by atoms with Gasteiger partial charge in [-0.3, -0.25) is 19.2 Å². The van der Waals surface area contributed by atoms with Crippen molar-refractivity contribution in [2.45, 2.75) is 58.3 Å². The molecule has 0 aliphatic carbocycles. The maximum atomic E-state index is 11.3. The third kappa shape index (κ3) is 5.78. The van der Waals surface area contributed by atoms with E-state index >= 15 is 0 Å². The summed E-state index contributed by atoms with van der Waals surface area (Å²) in [6.45, 7) is 4.32. The summed E-state index contributed by atoms with van der Waals surface area (Å²) < 4.78 is 25.5. The van der Waals surface area contributed by atoms with E-state index in [4.69, 9.17) is 29.4 Å². The van der Waals surface area contributed by atoms with Gasteiger partial charge >= 0.3 is 23.9 Å². The molecular formula is C14H21NO9. The monoisotopic (exact) mass is 347 g/mol. The molecule has 5 atom stereocenters. The van der Waals surface area contributed by atoms with Crippen LogP contribution in [0.25, 0.3) is 0 Å². The highest BCUT2D eigenvalue weighted by Crippen LogP contribution is 2.26. The average Bonchev–Trinajstić information content (AvgIpc) is 2.42. The van der Waals surface area contributed by atoms with Crippen LogP contribution in [0.5, 0.6) is 0 Å². The predicted octanol–water partition coefficient (Wildman–Crippen LogP) is -0.972. The SMILES string of the molecule is CC(=O)OC[C@@H]1O[C@@H](OC(C)=O)[C@H](N)[C@H](OC(C)=O)[C@H]1OC(C)=O. The van der Waals surface area contributed by atoms with Gasteiger partial charge in [-0.05, 0) is 0 Å². The maximum absolute atomic E-state index is 11.3. The minimum Gasteiger partial charge on any atom is -0.463 e. The number of hydrogen-bond acceptors (Lipinski definition) is 10. The largest absolute Gasteiger partial charge is 0.463 e. The van der Waals surface area contributed by atoms with Gasteiger partial charge in [-0.25, -0.2) is 0 Å². The molecule has 1 aliphatic heterocycles. The van der Waals surface area contributed by atoms with Crippen molar-refractivity contribution in [3.05, 3.63) is 0 Å². The first-order valence-electron chi connectivity index (χ1n) is 7.18. The van der Waals surface area contributed by atoms with Crippen molar-refractivity contribution in [2.24, 2.45) is 5.73 Å². The van der Waals surface area contributed by atoms with Gasteiger partial charge in [0.25, 0.3) is 0 Å². The lowest BCUT2D eigenvalue weighted by molar-refractivity contribution is -0.267. The summed E-state index contributed by atoms with van der Waals surface area (Å²) >= 11 is 0. The van der Waals surface area contributed by atoms with Gasteiger partial charge in [0, 0.05) is 27.7 Å². The highest BCUT2D eigenvalue weighted by Gasteiger charge is 2.50. The minimum atomic E-state index is -1.26. The van der Waals surface area contributed by atoms with Gasteiger partial charge in [0.2, 0.25) is 6.29 Å². The molecule has 10 heteroatoms. The zero-order valence-corrected chi connectivity index (χ0v) is 13.8. The quantitative estimate of drug-likeness (QED) is 0.487. The Hall–Kier alpha value is -2.20. The van der Waals surface area contributed by atoms with E-state index < -0.39 is 54.5 Å². The van der Waals surface area contributed by atoms with Gasteiger partial charge in [0.15, 0.2) is 12.2 Å². The summed E-state index contributed by atoms with van der Waals surface area (Å²) in [5.74, 6) is -2.62. The number of nitrogens with two attached hydrogens (primary N) is 1. The molecule has 0 unspecified atom stereocenters. The van der Waals surface area contributed by atoms with Gasteiger partial charge in [-0.1, -0.05) is 0 Å². The molecule has 0 radical (unpaired) electrons. The van der Waals surface area contributed by atoms with E-state index in [0.717, 1.165) is 20.8 Å². The van der Waals surface area contributed by atoms with Crippen LogP contribution in [0.3, 0.4) is 0 Å². The van der Waals surface area contributed by atoms with Crippen molar-refractivity contribution in [1.29, 1.82) is 0 Å². The molecule has 0 bridgehead atoms. The van der Waals surface area contributed by atoms with Crippen molar-refractivity contribution in [3.63, 3.8) is 0 Å². The van der Waals surface area contributed by atoms with Gasteiger partial charge in [0.1, 0.15) is 18.8 Å². The Kier molecular flexibility index (Phi) is 7.11. The van der Waals surface area contributed by atoms with Crippen molar-refractivity contribution in [1.82, 2.24) is 0 Å². The fourth-order valence-corrected chi connectivity index (χ4v) is 2.20. The molecule has 0 aromatic rings. The van der Waals surface area contributed by atoms with Crippen molar-refractivity contribution in [3.8, 4) is 0 Å². The van der Waals surface area contributed by atoms with E-state index in [2.05, 4.69) is 0 Å². The van der Waals surface area contributed by atoms with Crippen molar-refractivity contribution in [2.75, 3.05) is 6.61 Å². The van der Waals surface area contributed by atoms with Crippen LogP contribution in [0.2, 0.25) is 0 Å². The van der Waals surface area contributed by atoms with Crippen LogP contribution in [-0.4, -0.2) is 61.1 Å². The number of ether oxygens (including phenoxy) is 5. The third-order valence-electron chi connectivity index (χ3n) is 3.03. The van der Waals surface area contributed by atoms with E-state index in [1.165, 1.54) is 6.92 Å². The molecule has 0 saturated carbocycles. The van der Waals surface area contributed by atoms with Crippen molar-refractivity contribution < 1.29 is 42.9 Å². The van der Waals surface area contributed by atoms with Crippen LogP contribution in [0.1, 0.15) is 27.7 Å². The lowest BCUT2D eigenvalue weighted by Gasteiger charge is -2.42. The molecule has 10 nitrogen and oxygen atoms in total. The summed E-state index contributed by atoms with van der Waals surface area (Å²) in [5, 5.41) is 0. The lowest BCUT2D eigenvalue weighted by Crippen LogP contribution is -2.65. The zero-order valence-electron chi connectivity index (χ0n) is 13.8. The third-order valence-corrected chi connectivity index (χ3v) is 3.03. The second-order valence-electron chi connectivity index (χ2n) is 5.18. The number of hydrogen-bond donors (Lipinski definition) is 1. The highest BCUT2D eigenvalue weighted by atomic mass is 16.7. The fourth-order valence-electron chi connectivity index (χ4n) is 2.20. The van der Waals surface area contributed by atoms with Crippen LogP contribution in [0.15, 0.2) is 0 Å². The average molecular weight is 347 g/mol. The maximum Gasteiger partial charge on any atom is 0.304 e. The Bertz CT molecular complexity index is 490. The predicted molar refractivity (Wildman–Crippen MR) is 76.1 cm³/mol. The second kappa shape index (κ2) is 8.60. The lowest BCUT2D eigenvalue weighted by atomic mass is 9.97. The Balaban J connectivity index is 3.08. The van der Waals surface area contributed by atoms with Gasteiger partial charge in [-0.2, -0.15) is 0 Å². The van der Waals surface area contributed by atoms with Crippen LogP contribution < -0.4 is 5.73 Å². The normalized spacial score (nSPS) is 29.3. The molecule has 0 aromatic carbocycles. The Morgan fingerprint density at radius 3 is 1.79 bits per heavy atom. The van der Waals surface area contributed by atoms with E-state index in [0.29, 0.717) is 0 Å². The summed E-state index contributed by atoms with van der Waals surface area (Å²) in [5.41, 5.74) is 5.93. The topological polar surface area (TPSA) is 140 Å². The van der Waals surface area contributed by atoms with Crippen molar-refractivity contribution >= 4 is 23.9 Å². The van der Waals surface area contributed by atoms with Crippen LogP contribution in [0, 0.1) is 0 Å². The van der Waals surface area contributed by atoms with Crippen LogP contribution in [-0.2, 0) is 42.9 Å².